The minimum atomic E-state index is -4.13. The summed E-state index contributed by atoms with van der Waals surface area (Å²) in [6.07, 6.45) is 3.43. The second kappa shape index (κ2) is 10.6. The Morgan fingerprint density at radius 2 is 1.70 bits per heavy atom. The third kappa shape index (κ3) is 5.58. The Morgan fingerprint density at radius 3 is 2.27 bits per heavy atom. The van der Waals surface area contributed by atoms with E-state index in [1.54, 1.807) is 17.0 Å². The molecule has 0 spiro atoms. The summed E-state index contributed by atoms with van der Waals surface area (Å²) in [6, 6.07) is 4.63. The largest absolute Gasteiger partial charge is 0.463 e. The van der Waals surface area contributed by atoms with E-state index in [4.69, 9.17) is 4.74 Å². The van der Waals surface area contributed by atoms with Crippen molar-refractivity contribution in [3.63, 3.8) is 0 Å². The van der Waals surface area contributed by atoms with Crippen molar-refractivity contribution in [3.8, 4) is 17.1 Å². The first-order chi connectivity index (χ1) is 17.7. The maximum absolute atomic E-state index is 14.8. The molecule has 1 saturated carbocycles. The van der Waals surface area contributed by atoms with Crippen LogP contribution < -0.4 is 4.74 Å². The smallest absolute Gasteiger partial charge is 0.395 e. The highest BCUT2D eigenvalue weighted by Crippen LogP contribution is 2.53. The van der Waals surface area contributed by atoms with Crippen molar-refractivity contribution < 1.29 is 27.1 Å². The van der Waals surface area contributed by atoms with Gasteiger partial charge in [0.15, 0.2) is 0 Å². The molecule has 1 aromatic heterocycles. The van der Waals surface area contributed by atoms with Crippen molar-refractivity contribution in [2.24, 2.45) is 11.3 Å². The topological polar surface area (TPSA) is 58.6 Å². The first-order valence-electron chi connectivity index (χ1n) is 13.1. The average molecular weight is 521 g/mol. The zero-order chi connectivity index (χ0) is 26.0. The highest BCUT2D eigenvalue weighted by Gasteiger charge is 2.58. The summed E-state index contributed by atoms with van der Waals surface area (Å²) >= 11 is 0. The number of carbonyl (C=O) groups excluding carboxylic acids is 1. The predicted molar refractivity (Wildman–Crippen MR) is 130 cm³/mol. The van der Waals surface area contributed by atoms with E-state index in [1.165, 1.54) is 18.5 Å². The zero-order valence-corrected chi connectivity index (χ0v) is 20.8. The lowest BCUT2D eigenvalue weighted by molar-refractivity contribution is -0.256. The fourth-order valence-electron chi connectivity index (χ4n) is 5.58. The molecule has 1 aromatic carbocycles. The number of alkyl halides is 3. The molecule has 6 nitrogen and oxygen atoms in total. The van der Waals surface area contributed by atoms with E-state index in [9.17, 15) is 22.4 Å². The third-order valence-electron chi connectivity index (χ3n) is 8.14. The van der Waals surface area contributed by atoms with E-state index < -0.39 is 17.4 Å². The van der Waals surface area contributed by atoms with Gasteiger partial charge in [0.2, 0.25) is 0 Å². The molecule has 2 aromatic rings. The lowest BCUT2D eigenvalue weighted by Gasteiger charge is -2.47. The molecule has 3 fully saturated rings. The molecule has 3 aliphatic rings. The zero-order valence-electron chi connectivity index (χ0n) is 20.8. The van der Waals surface area contributed by atoms with E-state index in [0.29, 0.717) is 55.9 Å². The molecule has 0 bridgehead atoms. The van der Waals surface area contributed by atoms with E-state index >= 15 is 0 Å². The van der Waals surface area contributed by atoms with E-state index in [2.05, 4.69) is 9.97 Å². The molecule has 1 amide bonds. The molecule has 1 aliphatic carbocycles. The van der Waals surface area contributed by atoms with Gasteiger partial charge in [0.05, 0.1) is 12.0 Å². The molecule has 37 heavy (non-hydrogen) atoms. The third-order valence-corrected chi connectivity index (χ3v) is 8.14. The lowest BCUT2D eigenvalue weighted by atomic mass is 9.67. The summed E-state index contributed by atoms with van der Waals surface area (Å²) in [4.78, 5) is 24.6. The maximum atomic E-state index is 14.8. The molecule has 200 valence electrons. The second-order valence-corrected chi connectivity index (χ2v) is 10.6. The SMILES string of the molecule is O=C(c1ccc(-c2cnc(OCC3CCN(CC4(C(F)(F)F)CCC4)CC3)nc2)c(F)c1)N1CCCC1. The minimum Gasteiger partial charge on any atom is -0.463 e. The van der Waals surface area contributed by atoms with Gasteiger partial charge in [0.25, 0.3) is 5.91 Å². The number of hydrogen-bond donors (Lipinski definition) is 0. The van der Waals surface area contributed by atoms with Gasteiger partial charge in [-0.3, -0.25) is 4.79 Å². The average Bonchev–Trinajstić information content (AvgIpc) is 3.40. The van der Waals surface area contributed by atoms with Gasteiger partial charge in [-0.15, -0.1) is 0 Å². The molecule has 5 rings (SSSR count). The summed E-state index contributed by atoms with van der Waals surface area (Å²) in [5.41, 5.74) is -0.404. The number of amides is 1. The van der Waals surface area contributed by atoms with Crippen LogP contribution in [0.15, 0.2) is 30.6 Å². The number of rotatable bonds is 7. The van der Waals surface area contributed by atoms with Crippen LogP contribution in [-0.4, -0.2) is 71.2 Å². The van der Waals surface area contributed by atoms with Crippen LogP contribution >= 0.6 is 0 Å². The fourth-order valence-corrected chi connectivity index (χ4v) is 5.58. The van der Waals surface area contributed by atoms with Gasteiger partial charge < -0.3 is 14.5 Å². The van der Waals surface area contributed by atoms with Crippen LogP contribution in [-0.2, 0) is 0 Å². The fraction of sp³-hybridized carbons (Fsp3) is 0.593. The number of carbonyl (C=O) groups is 1. The minimum absolute atomic E-state index is 0.0958. The Hall–Kier alpha value is -2.75. The Balaban J connectivity index is 1.11. The Morgan fingerprint density at radius 1 is 1.03 bits per heavy atom. The normalized spacial score (nSPS) is 20.6. The van der Waals surface area contributed by atoms with Crippen LogP contribution in [0.3, 0.4) is 0 Å². The van der Waals surface area contributed by atoms with Gasteiger partial charge in [-0.1, -0.05) is 12.5 Å². The van der Waals surface area contributed by atoms with Gasteiger partial charge in [-0.25, -0.2) is 14.4 Å². The summed E-state index contributed by atoms with van der Waals surface area (Å²) < 4.78 is 60.9. The van der Waals surface area contributed by atoms with Crippen LogP contribution in [0.2, 0.25) is 0 Å². The molecular formula is C27H32F4N4O2. The lowest BCUT2D eigenvalue weighted by Crippen LogP contribution is -2.53. The number of halogens is 4. The molecule has 0 atom stereocenters. The van der Waals surface area contributed by atoms with E-state index in [1.807, 2.05) is 4.90 Å². The van der Waals surface area contributed by atoms with Gasteiger partial charge in [-0.2, -0.15) is 13.2 Å². The van der Waals surface area contributed by atoms with Gasteiger partial charge >= 0.3 is 12.2 Å². The molecule has 3 heterocycles. The van der Waals surface area contributed by atoms with Crippen molar-refractivity contribution in [1.82, 2.24) is 19.8 Å². The van der Waals surface area contributed by atoms with Crippen LogP contribution in [0.5, 0.6) is 6.01 Å². The summed E-state index contributed by atoms with van der Waals surface area (Å²) in [5.74, 6) is -0.444. The highest BCUT2D eigenvalue weighted by atomic mass is 19.4. The monoisotopic (exact) mass is 520 g/mol. The van der Waals surface area contributed by atoms with Gasteiger partial charge in [0.1, 0.15) is 5.82 Å². The Labute approximate surface area is 214 Å². The Kier molecular flexibility index (Phi) is 7.38. The molecule has 0 unspecified atom stereocenters. The summed E-state index contributed by atoms with van der Waals surface area (Å²) in [5, 5.41) is 0. The summed E-state index contributed by atoms with van der Waals surface area (Å²) in [7, 11) is 0. The summed E-state index contributed by atoms with van der Waals surface area (Å²) in [6.45, 7) is 3.14. The highest BCUT2D eigenvalue weighted by molar-refractivity contribution is 5.95. The molecular weight excluding hydrogens is 488 g/mol. The van der Waals surface area contributed by atoms with Crippen LogP contribution in [0, 0.1) is 17.2 Å². The van der Waals surface area contributed by atoms with Crippen LogP contribution in [0.1, 0.15) is 55.3 Å². The number of benzene rings is 1. The molecule has 2 aliphatic heterocycles. The number of aromatic nitrogens is 2. The molecule has 0 N–H and O–H groups in total. The number of ether oxygens (including phenoxy) is 1. The van der Waals surface area contributed by atoms with Crippen molar-refractivity contribution in [3.05, 3.63) is 42.0 Å². The van der Waals surface area contributed by atoms with Gasteiger partial charge in [-0.05, 0) is 69.7 Å². The van der Waals surface area contributed by atoms with Crippen molar-refractivity contribution in [2.75, 3.05) is 39.3 Å². The predicted octanol–water partition coefficient (Wildman–Crippen LogP) is 5.34. The maximum Gasteiger partial charge on any atom is 0.395 e. The van der Waals surface area contributed by atoms with Crippen molar-refractivity contribution in [1.29, 1.82) is 0 Å². The van der Waals surface area contributed by atoms with E-state index in [-0.39, 0.29) is 37.2 Å². The number of nitrogens with zero attached hydrogens (tertiary/aromatic N) is 4. The Bertz CT molecular complexity index is 1090. The van der Waals surface area contributed by atoms with Gasteiger partial charge in [0, 0.05) is 48.7 Å². The molecule has 10 heteroatoms. The molecule has 0 radical (unpaired) electrons. The van der Waals surface area contributed by atoms with Crippen molar-refractivity contribution >= 4 is 5.91 Å². The number of likely N-dealkylation sites (tertiary alicyclic amines) is 2. The van der Waals surface area contributed by atoms with Crippen molar-refractivity contribution in [2.45, 2.75) is 51.1 Å². The number of hydrogen-bond acceptors (Lipinski definition) is 5. The van der Waals surface area contributed by atoms with Crippen LogP contribution in [0.4, 0.5) is 17.6 Å². The number of piperidine rings is 1. The first kappa shape index (κ1) is 25.9. The van der Waals surface area contributed by atoms with Crippen LogP contribution in [0.25, 0.3) is 11.1 Å². The standard InChI is InChI=1S/C27H32F4N4O2/c28-23-14-20(24(36)35-10-1-2-11-35)4-5-22(23)21-15-32-25(33-16-21)37-17-19-6-12-34(13-7-19)18-26(8-3-9-26)27(29,30)31/h4-5,14-16,19H,1-3,6-13,17-18H2. The van der Waals surface area contributed by atoms with E-state index in [0.717, 1.165) is 25.7 Å². The second-order valence-electron chi connectivity index (χ2n) is 10.6. The molecule has 2 saturated heterocycles. The first-order valence-corrected chi connectivity index (χ1v) is 13.1. The quantitative estimate of drug-likeness (QED) is 0.461.